The summed E-state index contributed by atoms with van der Waals surface area (Å²) in [6.07, 6.45) is 5.08. The van der Waals surface area contributed by atoms with Crippen molar-refractivity contribution in [3.05, 3.63) is 0 Å². The zero-order chi connectivity index (χ0) is 10.8. The van der Waals surface area contributed by atoms with E-state index >= 15 is 0 Å². The highest BCUT2D eigenvalue weighted by Crippen LogP contribution is 2.08. The second-order valence-corrected chi connectivity index (χ2v) is 4.28. The van der Waals surface area contributed by atoms with E-state index < -0.39 is 0 Å². The van der Waals surface area contributed by atoms with E-state index in [2.05, 4.69) is 25.7 Å². The van der Waals surface area contributed by atoms with Gasteiger partial charge < -0.3 is 10.6 Å². The number of nitrogens with two attached hydrogens (primary N) is 1. The van der Waals surface area contributed by atoms with Crippen LogP contribution in [-0.2, 0) is 0 Å². The van der Waals surface area contributed by atoms with Gasteiger partial charge in [-0.3, -0.25) is 0 Å². The maximum absolute atomic E-state index is 5.51. The number of nitrogens with zero attached hydrogens (tertiary/aromatic N) is 1. The summed E-state index contributed by atoms with van der Waals surface area (Å²) in [6, 6.07) is 0. The van der Waals surface area contributed by atoms with Crippen LogP contribution in [0, 0.1) is 5.92 Å². The Morgan fingerprint density at radius 3 is 2.43 bits per heavy atom. The Morgan fingerprint density at radius 1 is 1.21 bits per heavy atom. The third-order valence-corrected chi connectivity index (χ3v) is 2.75. The van der Waals surface area contributed by atoms with Gasteiger partial charge in [-0.25, -0.2) is 0 Å². The van der Waals surface area contributed by atoms with Crippen molar-refractivity contribution in [1.29, 1.82) is 0 Å². The molecule has 0 heterocycles. The molecule has 0 aliphatic heterocycles. The first-order valence-corrected chi connectivity index (χ1v) is 6.16. The van der Waals surface area contributed by atoms with E-state index in [0.717, 1.165) is 12.5 Å². The fourth-order valence-electron chi connectivity index (χ4n) is 1.76. The van der Waals surface area contributed by atoms with Crippen LogP contribution in [0.4, 0.5) is 0 Å². The minimum Gasteiger partial charge on any atom is -0.330 e. The van der Waals surface area contributed by atoms with Crippen LogP contribution >= 0.6 is 0 Å². The minimum absolute atomic E-state index is 0.801. The standard InChI is InChI=1S/C12H28N2/c1-4-6-10-14(5-2)11-12(3)8-7-9-13/h12H,4-11,13H2,1-3H3. The molecule has 2 nitrogen and oxygen atoms in total. The monoisotopic (exact) mass is 200 g/mol. The second-order valence-electron chi connectivity index (χ2n) is 4.28. The van der Waals surface area contributed by atoms with Gasteiger partial charge in [0, 0.05) is 6.54 Å². The molecule has 0 amide bonds. The molecular weight excluding hydrogens is 172 g/mol. The van der Waals surface area contributed by atoms with Crippen molar-refractivity contribution < 1.29 is 0 Å². The number of rotatable bonds is 9. The van der Waals surface area contributed by atoms with Gasteiger partial charge in [-0.1, -0.05) is 27.2 Å². The maximum Gasteiger partial charge on any atom is 0.000691 e. The smallest absolute Gasteiger partial charge is 0.000691 e. The highest BCUT2D eigenvalue weighted by Gasteiger charge is 2.07. The second kappa shape index (κ2) is 9.47. The number of hydrogen-bond acceptors (Lipinski definition) is 2. The Hall–Kier alpha value is -0.0800. The van der Waals surface area contributed by atoms with Gasteiger partial charge in [-0.15, -0.1) is 0 Å². The lowest BCUT2D eigenvalue weighted by molar-refractivity contribution is 0.238. The summed E-state index contributed by atoms with van der Waals surface area (Å²) < 4.78 is 0. The van der Waals surface area contributed by atoms with Gasteiger partial charge >= 0.3 is 0 Å². The first-order valence-electron chi connectivity index (χ1n) is 6.16. The molecule has 0 fully saturated rings. The van der Waals surface area contributed by atoms with Crippen molar-refractivity contribution in [3.8, 4) is 0 Å². The van der Waals surface area contributed by atoms with Crippen LogP contribution in [0.25, 0.3) is 0 Å². The highest BCUT2D eigenvalue weighted by molar-refractivity contribution is 4.62. The molecule has 2 heteroatoms. The molecule has 1 unspecified atom stereocenters. The molecule has 0 spiro atoms. The molecule has 0 aromatic rings. The van der Waals surface area contributed by atoms with Gasteiger partial charge in [0.25, 0.3) is 0 Å². The van der Waals surface area contributed by atoms with Crippen LogP contribution in [0.3, 0.4) is 0 Å². The molecule has 0 rings (SSSR count). The third kappa shape index (κ3) is 7.34. The first-order chi connectivity index (χ1) is 6.74. The highest BCUT2D eigenvalue weighted by atomic mass is 15.1. The van der Waals surface area contributed by atoms with Gasteiger partial charge in [0.1, 0.15) is 0 Å². The minimum atomic E-state index is 0.801. The summed E-state index contributed by atoms with van der Waals surface area (Å²) in [6.45, 7) is 11.4. The lowest BCUT2D eigenvalue weighted by Crippen LogP contribution is -2.29. The molecule has 1 atom stereocenters. The molecule has 0 saturated heterocycles. The van der Waals surface area contributed by atoms with E-state index in [1.165, 1.54) is 45.3 Å². The van der Waals surface area contributed by atoms with Crippen LogP contribution in [0.1, 0.15) is 46.5 Å². The molecule has 0 aliphatic rings. The Labute approximate surface area is 89.9 Å². The molecule has 0 radical (unpaired) electrons. The van der Waals surface area contributed by atoms with Crippen LogP contribution in [-0.4, -0.2) is 31.1 Å². The SMILES string of the molecule is CCCCN(CC)CC(C)CCCN. The molecule has 0 aromatic heterocycles. The van der Waals surface area contributed by atoms with Crippen LogP contribution in [0.5, 0.6) is 0 Å². The molecule has 0 saturated carbocycles. The van der Waals surface area contributed by atoms with Gasteiger partial charge in [-0.2, -0.15) is 0 Å². The molecule has 0 bridgehead atoms. The number of hydrogen-bond donors (Lipinski definition) is 1. The predicted octanol–water partition coefficient (Wildman–Crippen LogP) is 2.48. The third-order valence-electron chi connectivity index (χ3n) is 2.75. The van der Waals surface area contributed by atoms with Crippen LogP contribution < -0.4 is 5.73 Å². The lowest BCUT2D eigenvalue weighted by Gasteiger charge is -2.24. The van der Waals surface area contributed by atoms with Gasteiger partial charge in [0.05, 0.1) is 0 Å². The van der Waals surface area contributed by atoms with E-state index in [-0.39, 0.29) is 0 Å². The van der Waals surface area contributed by atoms with Crippen molar-refractivity contribution in [2.24, 2.45) is 11.7 Å². The zero-order valence-electron chi connectivity index (χ0n) is 10.3. The fraction of sp³-hybridized carbons (Fsp3) is 1.00. The van der Waals surface area contributed by atoms with Gasteiger partial charge in [0.15, 0.2) is 0 Å². The summed E-state index contributed by atoms with van der Waals surface area (Å²) in [4.78, 5) is 2.56. The topological polar surface area (TPSA) is 29.3 Å². The Kier molecular flexibility index (Phi) is 9.42. The van der Waals surface area contributed by atoms with E-state index in [9.17, 15) is 0 Å². The van der Waals surface area contributed by atoms with Crippen molar-refractivity contribution in [1.82, 2.24) is 4.90 Å². The van der Waals surface area contributed by atoms with Gasteiger partial charge in [-0.05, 0) is 44.8 Å². The summed E-state index contributed by atoms with van der Waals surface area (Å²) in [5.41, 5.74) is 5.51. The summed E-state index contributed by atoms with van der Waals surface area (Å²) in [7, 11) is 0. The Morgan fingerprint density at radius 2 is 1.93 bits per heavy atom. The Bertz CT molecular complexity index is 115. The van der Waals surface area contributed by atoms with Crippen molar-refractivity contribution in [2.75, 3.05) is 26.2 Å². The van der Waals surface area contributed by atoms with Crippen molar-refractivity contribution >= 4 is 0 Å². The summed E-state index contributed by atoms with van der Waals surface area (Å²) in [5.74, 6) is 0.801. The lowest BCUT2D eigenvalue weighted by atomic mass is 10.0. The van der Waals surface area contributed by atoms with Crippen LogP contribution in [0.2, 0.25) is 0 Å². The van der Waals surface area contributed by atoms with Gasteiger partial charge in [0.2, 0.25) is 0 Å². The van der Waals surface area contributed by atoms with E-state index in [1.54, 1.807) is 0 Å². The average molecular weight is 200 g/mol. The van der Waals surface area contributed by atoms with E-state index in [4.69, 9.17) is 5.73 Å². The van der Waals surface area contributed by atoms with Crippen molar-refractivity contribution in [3.63, 3.8) is 0 Å². The molecule has 0 aromatic carbocycles. The molecule has 0 aliphatic carbocycles. The Balaban J connectivity index is 3.57. The summed E-state index contributed by atoms with van der Waals surface area (Å²) >= 11 is 0. The molecule has 2 N–H and O–H groups in total. The fourth-order valence-corrected chi connectivity index (χ4v) is 1.76. The van der Waals surface area contributed by atoms with Crippen molar-refractivity contribution in [2.45, 2.75) is 46.5 Å². The predicted molar refractivity (Wildman–Crippen MR) is 64.5 cm³/mol. The number of unbranched alkanes of at least 4 members (excludes halogenated alkanes) is 1. The van der Waals surface area contributed by atoms with Crippen LogP contribution in [0.15, 0.2) is 0 Å². The first kappa shape index (κ1) is 13.9. The zero-order valence-corrected chi connectivity index (χ0v) is 10.3. The maximum atomic E-state index is 5.51. The quantitative estimate of drug-likeness (QED) is 0.619. The normalized spacial score (nSPS) is 13.5. The summed E-state index contributed by atoms with van der Waals surface area (Å²) in [5, 5.41) is 0. The molecular formula is C12H28N2. The molecule has 14 heavy (non-hydrogen) atoms. The van der Waals surface area contributed by atoms with E-state index in [0.29, 0.717) is 0 Å². The average Bonchev–Trinajstić information content (AvgIpc) is 2.21. The molecule has 86 valence electrons. The van der Waals surface area contributed by atoms with E-state index in [1.807, 2.05) is 0 Å². The largest absolute Gasteiger partial charge is 0.330 e.